The zero-order valence-electron chi connectivity index (χ0n) is 18.7. The number of anilines is 1. The van der Waals surface area contributed by atoms with Crippen LogP contribution in [-0.4, -0.2) is 50.0 Å². The van der Waals surface area contributed by atoms with Crippen LogP contribution in [0, 0.1) is 11.6 Å². The summed E-state index contributed by atoms with van der Waals surface area (Å²) in [5.74, 6) is -3.53. The normalized spacial score (nSPS) is 12.4. The number of hydrogen-bond acceptors (Lipinski definition) is 4. The van der Waals surface area contributed by atoms with E-state index < -0.39 is 46.1 Å². The second-order valence-electron chi connectivity index (χ2n) is 7.86. The zero-order valence-corrected chi connectivity index (χ0v) is 20.3. The molecule has 0 saturated carbocycles. The van der Waals surface area contributed by atoms with E-state index in [-0.39, 0.29) is 18.3 Å². The van der Waals surface area contributed by atoms with Crippen molar-refractivity contribution in [1.82, 2.24) is 10.2 Å². The van der Waals surface area contributed by atoms with Gasteiger partial charge in [0.05, 0.1) is 11.9 Å². The Bertz CT molecular complexity index is 1110. The molecular weight excluding hydrogens is 476 g/mol. The maximum Gasteiger partial charge on any atom is 0.244 e. The lowest BCUT2D eigenvalue weighted by atomic mass is 10.1. The van der Waals surface area contributed by atoms with Gasteiger partial charge < -0.3 is 10.2 Å². The van der Waals surface area contributed by atoms with Gasteiger partial charge in [0.15, 0.2) is 11.6 Å². The van der Waals surface area contributed by atoms with Crippen LogP contribution in [0.4, 0.5) is 14.5 Å². The highest BCUT2D eigenvalue weighted by Gasteiger charge is 2.30. The molecule has 2 amide bonds. The molecule has 1 atom stereocenters. The first-order valence-electron chi connectivity index (χ1n) is 10.1. The van der Waals surface area contributed by atoms with Gasteiger partial charge in [0.25, 0.3) is 0 Å². The summed E-state index contributed by atoms with van der Waals surface area (Å²) in [6.07, 6.45) is 0.847. The molecule has 0 aromatic heterocycles. The second-order valence-corrected chi connectivity index (χ2v) is 10.2. The van der Waals surface area contributed by atoms with E-state index in [1.807, 2.05) is 0 Å². The lowest BCUT2D eigenvalue weighted by Gasteiger charge is -2.32. The molecule has 7 nitrogen and oxygen atoms in total. The number of rotatable bonds is 9. The number of amides is 2. The van der Waals surface area contributed by atoms with Gasteiger partial charge in [-0.25, -0.2) is 17.2 Å². The molecule has 180 valence electrons. The highest BCUT2D eigenvalue weighted by molar-refractivity contribution is 7.92. The van der Waals surface area contributed by atoms with E-state index >= 15 is 0 Å². The Morgan fingerprint density at radius 3 is 2.15 bits per heavy atom. The summed E-state index contributed by atoms with van der Waals surface area (Å²) in [5.41, 5.74) is 0.450. The third-order valence-electron chi connectivity index (χ3n) is 4.73. The SMILES string of the molecule is CC(C)NC(=O)C(C)N(Cc1ccc(Cl)cc1)C(=O)CN(c1ccc(F)c(F)c1)S(C)(=O)=O. The van der Waals surface area contributed by atoms with E-state index in [4.69, 9.17) is 11.6 Å². The average Bonchev–Trinajstić information content (AvgIpc) is 2.71. The van der Waals surface area contributed by atoms with E-state index in [1.165, 1.54) is 11.8 Å². The maximum atomic E-state index is 13.7. The molecular formula is C22H26ClF2N3O4S. The standard InChI is InChI=1S/C22H26ClF2N3O4S/c1-14(2)26-22(30)15(3)27(12-16-5-7-17(23)8-6-16)21(29)13-28(33(4,31)32)18-9-10-19(24)20(25)11-18/h5-11,14-15H,12-13H2,1-4H3,(H,26,30). The number of hydrogen-bond donors (Lipinski definition) is 1. The number of benzene rings is 2. The van der Waals surface area contributed by atoms with E-state index in [9.17, 15) is 26.8 Å². The molecule has 33 heavy (non-hydrogen) atoms. The van der Waals surface area contributed by atoms with Gasteiger partial charge in [0.1, 0.15) is 12.6 Å². The Kier molecular flexibility index (Phi) is 8.79. The van der Waals surface area contributed by atoms with Crippen LogP contribution in [0.5, 0.6) is 0 Å². The fraction of sp³-hybridized carbons (Fsp3) is 0.364. The molecule has 0 saturated heterocycles. The summed E-state index contributed by atoms with van der Waals surface area (Å²) in [7, 11) is -4.04. The van der Waals surface area contributed by atoms with Crippen LogP contribution < -0.4 is 9.62 Å². The van der Waals surface area contributed by atoms with Crippen molar-refractivity contribution in [3.8, 4) is 0 Å². The predicted octanol–water partition coefficient (Wildman–Crippen LogP) is 3.33. The minimum atomic E-state index is -4.04. The van der Waals surface area contributed by atoms with Crippen molar-refractivity contribution in [3.05, 3.63) is 64.7 Å². The van der Waals surface area contributed by atoms with Crippen molar-refractivity contribution in [1.29, 1.82) is 0 Å². The lowest BCUT2D eigenvalue weighted by Crippen LogP contribution is -2.52. The smallest absolute Gasteiger partial charge is 0.244 e. The third-order valence-corrected chi connectivity index (χ3v) is 6.13. The summed E-state index contributed by atoms with van der Waals surface area (Å²) in [5, 5.41) is 3.21. The molecule has 2 aromatic rings. The molecule has 0 aliphatic rings. The molecule has 0 fully saturated rings. The Morgan fingerprint density at radius 2 is 1.64 bits per heavy atom. The van der Waals surface area contributed by atoms with Gasteiger partial charge in [0.2, 0.25) is 21.8 Å². The first-order chi connectivity index (χ1) is 15.3. The number of carbonyl (C=O) groups is 2. The van der Waals surface area contributed by atoms with Crippen LogP contribution in [-0.2, 0) is 26.2 Å². The third kappa shape index (κ3) is 7.40. The molecule has 0 radical (unpaired) electrons. The first kappa shape index (κ1) is 26.5. The van der Waals surface area contributed by atoms with Crippen LogP contribution in [0.25, 0.3) is 0 Å². The highest BCUT2D eigenvalue weighted by atomic mass is 35.5. The predicted molar refractivity (Wildman–Crippen MR) is 123 cm³/mol. The number of nitrogens with zero attached hydrogens (tertiary/aromatic N) is 2. The molecule has 1 unspecified atom stereocenters. The van der Waals surface area contributed by atoms with Crippen molar-refractivity contribution in [2.45, 2.75) is 39.4 Å². The molecule has 0 heterocycles. The van der Waals surface area contributed by atoms with Gasteiger partial charge in [-0.05, 0) is 50.6 Å². The largest absolute Gasteiger partial charge is 0.352 e. The van der Waals surface area contributed by atoms with E-state index in [0.717, 1.165) is 18.4 Å². The number of halogens is 3. The van der Waals surface area contributed by atoms with Crippen LogP contribution in [0.3, 0.4) is 0 Å². The van der Waals surface area contributed by atoms with Crippen LogP contribution >= 0.6 is 11.6 Å². The van der Waals surface area contributed by atoms with Crippen molar-refractivity contribution in [2.24, 2.45) is 0 Å². The maximum absolute atomic E-state index is 13.7. The van der Waals surface area contributed by atoms with E-state index in [0.29, 0.717) is 21.0 Å². The quantitative estimate of drug-likeness (QED) is 0.571. The summed E-state index contributed by atoms with van der Waals surface area (Å²) >= 11 is 5.92. The van der Waals surface area contributed by atoms with E-state index in [2.05, 4.69) is 5.32 Å². The zero-order chi connectivity index (χ0) is 24.9. The molecule has 0 bridgehead atoms. The minimum absolute atomic E-state index is 0.00192. The van der Waals surface area contributed by atoms with Crippen LogP contribution in [0.2, 0.25) is 5.02 Å². The molecule has 1 N–H and O–H groups in total. The van der Waals surface area contributed by atoms with Crippen LogP contribution in [0.1, 0.15) is 26.3 Å². The molecule has 2 rings (SSSR count). The summed E-state index contributed by atoms with van der Waals surface area (Å²) in [6.45, 7) is 4.34. The minimum Gasteiger partial charge on any atom is -0.352 e. The molecule has 0 spiro atoms. The molecule has 2 aromatic carbocycles. The number of carbonyl (C=O) groups excluding carboxylic acids is 2. The van der Waals surface area contributed by atoms with Gasteiger partial charge in [0, 0.05) is 23.7 Å². The van der Waals surface area contributed by atoms with Crippen molar-refractivity contribution < 1.29 is 26.8 Å². The fourth-order valence-corrected chi connectivity index (χ4v) is 4.00. The van der Waals surface area contributed by atoms with Gasteiger partial charge in [-0.3, -0.25) is 13.9 Å². The molecule has 11 heteroatoms. The lowest BCUT2D eigenvalue weighted by molar-refractivity contribution is -0.139. The summed E-state index contributed by atoms with van der Waals surface area (Å²) in [4.78, 5) is 27.1. The number of sulfonamides is 1. The van der Waals surface area contributed by atoms with Crippen molar-refractivity contribution >= 4 is 39.1 Å². The Morgan fingerprint density at radius 1 is 1.03 bits per heavy atom. The monoisotopic (exact) mass is 501 g/mol. The summed E-state index contributed by atoms with van der Waals surface area (Å²) in [6, 6.07) is 8.03. The molecule has 0 aliphatic heterocycles. The summed E-state index contributed by atoms with van der Waals surface area (Å²) < 4.78 is 52.5. The molecule has 0 aliphatic carbocycles. The fourth-order valence-electron chi connectivity index (χ4n) is 3.03. The second kappa shape index (κ2) is 10.9. The Balaban J connectivity index is 2.40. The average molecular weight is 502 g/mol. The van der Waals surface area contributed by atoms with E-state index in [1.54, 1.807) is 38.1 Å². The first-order valence-corrected chi connectivity index (χ1v) is 12.3. The highest BCUT2D eigenvalue weighted by Crippen LogP contribution is 2.22. The van der Waals surface area contributed by atoms with Crippen LogP contribution in [0.15, 0.2) is 42.5 Å². The Labute approximate surface area is 197 Å². The topological polar surface area (TPSA) is 86.8 Å². The number of nitrogens with one attached hydrogen (secondary N) is 1. The van der Waals surface area contributed by atoms with Gasteiger partial charge in [-0.2, -0.15) is 0 Å². The van der Waals surface area contributed by atoms with Gasteiger partial charge >= 0.3 is 0 Å². The van der Waals surface area contributed by atoms with Crippen molar-refractivity contribution in [2.75, 3.05) is 17.1 Å². The van der Waals surface area contributed by atoms with Gasteiger partial charge in [-0.1, -0.05) is 23.7 Å². The Hall–Kier alpha value is -2.72. The van der Waals surface area contributed by atoms with Crippen molar-refractivity contribution in [3.63, 3.8) is 0 Å². The van der Waals surface area contributed by atoms with Gasteiger partial charge in [-0.15, -0.1) is 0 Å².